The fourth-order valence-electron chi connectivity index (χ4n) is 1.42. The first kappa shape index (κ1) is 14.1. The van der Waals surface area contributed by atoms with E-state index < -0.39 is 0 Å². The molecular formula is C12H23N3O2. The molecule has 0 saturated heterocycles. The Morgan fingerprint density at radius 2 is 1.94 bits per heavy atom. The fraction of sp³-hybridized carbons (Fsp3) is 0.833. The van der Waals surface area contributed by atoms with Crippen molar-refractivity contribution < 1.29 is 9.15 Å². The second-order valence-corrected chi connectivity index (χ2v) is 4.00. The maximum absolute atomic E-state index is 5.46. The van der Waals surface area contributed by atoms with Gasteiger partial charge in [-0.05, 0) is 32.4 Å². The summed E-state index contributed by atoms with van der Waals surface area (Å²) >= 11 is 0. The molecule has 0 aromatic carbocycles. The molecule has 0 unspecified atom stereocenters. The van der Waals surface area contributed by atoms with E-state index in [2.05, 4.69) is 29.4 Å². The first-order valence-corrected chi connectivity index (χ1v) is 6.46. The van der Waals surface area contributed by atoms with Crippen LogP contribution in [-0.4, -0.2) is 29.9 Å². The average Bonchev–Trinajstić information content (AvgIpc) is 2.77. The molecular weight excluding hydrogens is 218 g/mol. The number of nitrogens with one attached hydrogen (secondary N) is 1. The second-order valence-electron chi connectivity index (χ2n) is 4.00. The Bertz CT molecular complexity index is 289. The zero-order valence-electron chi connectivity index (χ0n) is 10.9. The van der Waals surface area contributed by atoms with Gasteiger partial charge in [0.1, 0.15) is 6.61 Å². The highest BCUT2D eigenvalue weighted by molar-refractivity contribution is 4.80. The van der Waals surface area contributed by atoms with E-state index in [1.165, 1.54) is 6.42 Å². The zero-order valence-corrected chi connectivity index (χ0v) is 10.9. The van der Waals surface area contributed by atoms with Crippen LogP contribution in [0.25, 0.3) is 0 Å². The van der Waals surface area contributed by atoms with Crippen LogP contribution < -0.4 is 5.32 Å². The second kappa shape index (κ2) is 9.13. The van der Waals surface area contributed by atoms with Gasteiger partial charge in [-0.3, -0.25) is 0 Å². The number of nitrogens with zero attached hydrogens (tertiary/aromatic N) is 2. The Morgan fingerprint density at radius 3 is 2.71 bits per heavy atom. The number of aryl methyl sites for hydroxylation is 1. The number of aromatic nitrogens is 2. The fourth-order valence-corrected chi connectivity index (χ4v) is 1.42. The summed E-state index contributed by atoms with van der Waals surface area (Å²) in [6.07, 6.45) is 4.03. The Kier molecular flexibility index (Phi) is 7.58. The van der Waals surface area contributed by atoms with Crippen LogP contribution in [-0.2, 0) is 17.8 Å². The minimum atomic E-state index is 0.426. The third kappa shape index (κ3) is 6.38. The van der Waals surface area contributed by atoms with Gasteiger partial charge in [-0.15, -0.1) is 10.2 Å². The Balaban J connectivity index is 2.12. The summed E-state index contributed by atoms with van der Waals surface area (Å²) in [5.74, 6) is 1.29. The zero-order chi connectivity index (χ0) is 12.3. The lowest BCUT2D eigenvalue weighted by Crippen LogP contribution is -2.16. The van der Waals surface area contributed by atoms with Gasteiger partial charge in [0.2, 0.25) is 11.8 Å². The molecule has 0 atom stereocenters. The molecule has 0 aliphatic heterocycles. The van der Waals surface area contributed by atoms with Gasteiger partial charge in [-0.2, -0.15) is 0 Å². The molecule has 17 heavy (non-hydrogen) atoms. The van der Waals surface area contributed by atoms with Crippen molar-refractivity contribution in [3.63, 3.8) is 0 Å². The van der Waals surface area contributed by atoms with Gasteiger partial charge in [0.25, 0.3) is 0 Å². The maximum atomic E-state index is 5.46. The summed E-state index contributed by atoms with van der Waals surface area (Å²) in [6, 6.07) is 0. The molecule has 0 aliphatic carbocycles. The lowest BCUT2D eigenvalue weighted by molar-refractivity contribution is 0.102. The van der Waals surface area contributed by atoms with Crippen molar-refractivity contribution in [3.8, 4) is 0 Å². The van der Waals surface area contributed by atoms with Crippen LogP contribution in [0.15, 0.2) is 4.42 Å². The van der Waals surface area contributed by atoms with Crippen molar-refractivity contribution in [1.82, 2.24) is 15.5 Å². The predicted octanol–water partition coefficient (Wildman–Crippen LogP) is 1.93. The van der Waals surface area contributed by atoms with E-state index in [1.807, 2.05) is 0 Å². The molecule has 1 heterocycles. The molecule has 0 spiro atoms. The molecule has 5 nitrogen and oxygen atoms in total. The van der Waals surface area contributed by atoms with Gasteiger partial charge in [0, 0.05) is 13.0 Å². The van der Waals surface area contributed by atoms with Gasteiger partial charge in [0.15, 0.2) is 0 Å². The summed E-state index contributed by atoms with van der Waals surface area (Å²) in [5, 5.41) is 11.3. The minimum absolute atomic E-state index is 0.426. The normalized spacial score (nSPS) is 10.9. The molecule has 0 fully saturated rings. The molecule has 1 N–H and O–H groups in total. The van der Waals surface area contributed by atoms with Crippen molar-refractivity contribution in [2.75, 3.05) is 19.7 Å². The summed E-state index contributed by atoms with van der Waals surface area (Å²) in [5.41, 5.74) is 0. The smallest absolute Gasteiger partial charge is 0.242 e. The Labute approximate surface area is 103 Å². The van der Waals surface area contributed by atoms with Crippen LogP contribution in [0.3, 0.4) is 0 Å². The number of ether oxygens (including phenoxy) is 1. The number of hydrogen-bond acceptors (Lipinski definition) is 5. The molecule has 0 saturated carbocycles. The SMILES string of the molecule is CCCNCCCc1nnc(COCCC)o1. The van der Waals surface area contributed by atoms with E-state index >= 15 is 0 Å². The van der Waals surface area contributed by atoms with Gasteiger partial charge < -0.3 is 14.5 Å². The molecule has 1 aromatic heterocycles. The highest BCUT2D eigenvalue weighted by atomic mass is 16.5. The highest BCUT2D eigenvalue weighted by Crippen LogP contribution is 2.04. The van der Waals surface area contributed by atoms with Crippen molar-refractivity contribution in [1.29, 1.82) is 0 Å². The van der Waals surface area contributed by atoms with Gasteiger partial charge >= 0.3 is 0 Å². The van der Waals surface area contributed by atoms with E-state index in [9.17, 15) is 0 Å². The lowest BCUT2D eigenvalue weighted by atomic mass is 10.3. The third-order valence-electron chi connectivity index (χ3n) is 2.25. The van der Waals surface area contributed by atoms with Crippen molar-refractivity contribution >= 4 is 0 Å². The standard InChI is InChI=1S/C12H23N3O2/c1-3-7-13-8-5-6-11-14-15-12(17-11)10-16-9-4-2/h13H,3-10H2,1-2H3. The van der Waals surface area contributed by atoms with E-state index in [1.54, 1.807) is 0 Å². The van der Waals surface area contributed by atoms with Crippen LogP contribution in [0.5, 0.6) is 0 Å². The van der Waals surface area contributed by atoms with E-state index in [0.29, 0.717) is 18.4 Å². The predicted molar refractivity (Wildman–Crippen MR) is 65.7 cm³/mol. The van der Waals surface area contributed by atoms with Crippen LogP contribution in [0.1, 0.15) is 44.9 Å². The lowest BCUT2D eigenvalue weighted by Gasteiger charge is -2.00. The van der Waals surface area contributed by atoms with Gasteiger partial charge in [-0.1, -0.05) is 13.8 Å². The van der Waals surface area contributed by atoms with Crippen LogP contribution in [0, 0.1) is 0 Å². The van der Waals surface area contributed by atoms with Gasteiger partial charge in [0.05, 0.1) is 0 Å². The summed E-state index contributed by atoms with van der Waals surface area (Å²) < 4.78 is 10.8. The monoisotopic (exact) mass is 241 g/mol. The van der Waals surface area contributed by atoms with Gasteiger partial charge in [-0.25, -0.2) is 0 Å². The number of hydrogen-bond donors (Lipinski definition) is 1. The molecule has 0 aliphatic rings. The highest BCUT2D eigenvalue weighted by Gasteiger charge is 2.05. The molecule has 1 aromatic rings. The van der Waals surface area contributed by atoms with Crippen LogP contribution in [0.4, 0.5) is 0 Å². The average molecular weight is 241 g/mol. The van der Waals surface area contributed by atoms with Crippen molar-refractivity contribution in [3.05, 3.63) is 11.8 Å². The Morgan fingerprint density at radius 1 is 1.12 bits per heavy atom. The molecule has 1 rings (SSSR count). The van der Waals surface area contributed by atoms with E-state index in [4.69, 9.17) is 9.15 Å². The summed E-state index contributed by atoms with van der Waals surface area (Å²) in [6.45, 7) is 7.46. The molecule has 5 heteroatoms. The minimum Gasteiger partial charge on any atom is -0.423 e. The first-order chi connectivity index (χ1) is 8.36. The van der Waals surface area contributed by atoms with E-state index in [0.717, 1.165) is 39.0 Å². The molecule has 0 amide bonds. The molecule has 98 valence electrons. The molecule has 0 radical (unpaired) electrons. The third-order valence-corrected chi connectivity index (χ3v) is 2.25. The van der Waals surface area contributed by atoms with Crippen LogP contribution >= 0.6 is 0 Å². The quantitative estimate of drug-likeness (QED) is 0.634. The Hall–Kier alpha value is -0.940. The van der Waals surface area contributed by atoms with Crippen molar-refractivity contribution in [2.45, 2.75) is 46.1 Å². The van der Waals surface area contributed by atoms with E-state index in [-0.39, 0.29) is 0 Å². The van der Waals surface area contributed by atoms with Crippen molar-refractivity contribution in [2.24, 2.45) is 0 Å². The summed E-state index contributed by atoms with van der Waals surface area (Å²) in [4.78, 5) is 0. The van der Waals surface area contributed by atoms with Crippen LogP contribution in [0.2, 0.25) is 0 Å². The first-order valence-electron chi connectivity index (χ1n) is 6.46. The maximum Gasteiger partial charge on any atom is 0.242 e. The largest absolute Gasteiger partial charge is 0.423 e. The topological polar surface area (TPSA) is 60.2 Å². The summed E-state index contributed by atoms with van der Waals surface area (Å²) in [7, 11) is 0. The molecule has 0 bridgehead atoms. The number of rotatable bonds is 10.